The number of amides is 3. The average molecular weight is 423 g/mol. The highest BCUT2D eigenvalue weighted by atomic mass is 32.2. The van der Waals surface area contributed by atoms with Gasteiger partial charge in [-0.05, 0) is 30.7 Å². The van der Waals surface area contributed by atoms with E-state index in [0.717, 1.165) is 17.1 Å². The second-order valence-corrected chi connectivity index (χ2v) is 7.81. The van der Waals surface area contributed by atoms with Crippen molar-refractivity contribution in [2.45, 2.75) is 18.6 Å². The first-order chi connectivity index (χ1) is 14.6. The highest BCUT2D eigenvalue weighted by Gasteiger charge is 2.21. The van der Waals surface area contributed by atoms with Crippen LogP contribution in [0.5, 0.6) is 0 Å². The molecule has 0 saturated carbocycles. The van der Waals surface area contributed by atoms with Crippen molar-refractivity contribution in [3.8, 4) is 0 Å². The maximum Gasteiger partial charge on any atom is 0.321 e. The minimum atomic E-state index is -0.144. The number of hydrogen-bond donors (Lipinski definition) is 2. The molecular weight excluding hydrogens is 400 g/mol. The van der Waals surface area contributed by atoms with Crippen LogP contribution in [0.4, 0.5) is 16.2 Å². The van der Waals surface area contributed by atoms with E-state index in [1.54, 1.807) is 11.0 Å². The fourth-order valence-electron chi connectivity index (χ4n) is 3.21. The summed E-state index contributed by atoms with van der Waals surface area (Å²) in [7, 11) is 0. The molecule has 0 atom stereocenters. The monoisotopic (exact) mass is 422 g/mol. The Hall–Kier alpha value is -3.33. The van der Waals surface area contributed by atoms with Gasteiger partial charge in [-0.2, -0.15) is 0 Å². The molecule has 0 radical (unpaired) electrons. The van der Waals surface area contributed by atoms with Crippen molar-refractivity contribution in [3.63, 3.8) is 0 Å². The minimum absolute atomic E-state index is 0.123. The van der Waals surface area contributed by atoms with Crippen molar-refractivity contribution in [2.24, 2.45) is 0 Å². The lowest BCUT2D eigenvalue weighted by Crippen LogP contribution is -2.27. The molecule has 1 fully saturated rings. The first kappa shape index (κ1) is 20.0. The third-order valence-corrected chi connectivity index (χ3v) is 5.68. The van der Waals surface area contributed by atoms with Gasteiger partial charge in [0.2, 0.25) is 5.91 Å². The van der Waals surface area contributed by atoms with Crippen molar-refractivity contribution < 1.29 is 9.59 Å². The van der Waals surface area contributed by atoms with Gasteiger partial charge in [-0.15, -0.1) is 10.2 Å². The van der Waals surface area contributed by atoms with E-state index in [1.165, 1.54) is 11.8 Å². The van der Waals surface area contributed by atoms with Gasteiger partial charge >= 0.3 is 6.03 Å². The van der Waals surface area contributed by atoms with E-state index in [0.29, 0.717) is 30.5 Å². The van der Waals surface area contributed by atoms with E-state index in [-0.39, 0.29) is 17.7 Å². The zero-order chi connectivity index (χ0) is 20.9. The molecule has 2 heterocycles. The summed E-state index contributed by atoms with van der Waals surface area (Å²) >= 11 is 1.35. The number of nitrogens with one attached hydrogen (secondary N) is 2. The normalized spacial score (nSPS) is 13.4. The number of nitrogens with zero attached hydrogens (tertiary/aromatic N) is 4. The van der Waals surface area contributed by atoms with Crippen LogP contribution >= 0.6 is 11.8 Å². The fraction of sp³-hybridized carbons (Fsp3) is 0.238. The molecule has 2 N–H and O–H groups in total. The summed E-state index contributed by atoms with van der Waals surface area (Å²) in [5.74, 6) is 0.870. The van der Waals surface area contributed by atoms with Crippen molar-refractivity contribution in [1.82, 2.24) is 20.1 Å². The van der Waals surface area contributed by atoms with E-state index >= 15 is 0 Å². The first-order valence-corrected chi connectivity index (χ1v) is 10.6. The van der Waals surface area contributed by atoms with Crippen LogP contribution in [0.3, 0.4) is 0 Å². The summed E-state index contributed by atoms with van der Waals surface area (Å²) in [6.07, 6.45) is 0. The average Bonchev–Trinajstić information content (AvgIpc) is 3.33. The van der Waals surface area contributed by atoms with Gasteiger partial charge in [0.05, 0.1) is 12.3 Å². The molecule has 0 aliphatic carbocycles. The van der Waals surface area contributed by atoms with Gasteiger partial charge in [-0.1, -0.05) is 48.2 Å². The van der Waals surface area contributed by atoms with Crippen molar-refractivity contribution >= 4 is 35.1 Å². The molecule has 4 rings (SSSR count). The van der Waals surface area contributed by atoms with Crippen molar-refractivity contribution in [2.75, 3.05) is 29.1 Å². The van der Waals surface area contributed by atoms with Crippen LogP contribution < -0.4 is 15.5 Å². The Labute approximate surface area is 178 Å². The number of aryl methyl sites for hydroxylation is 1. The standard InChI is InChI=1S/C21H22N6O2S/c1-15-24-25-21(27(15)13-16-6-3-2-4-7-16)30-14-19(28)23-17-8-5-9-18(12-17)26-11-10-22-20(26)29/h2-9,12H,10-11,13-14H2,1H3,(H,22,29)(H,23,28). The third kappa shape index (κ3) is 4.62. The Balaban J connectivity index is 1.37. The van der Waals surface area contributed by atoms with Gasteiger partial charge in [0.15, 0.2) is 5.16 Å². The zero-order valence-corrected chi connectivity index (χ0v) is 17.4. The zero-order valence-electron chi connectivity index (χ0n) is 16.5. The molecule has 3 amide bonds. The molecular formula is C21H22N6O2S. The predicted molar refractivity (Wildman–Crippen MR) is 117 cm³/mol. The van der Waals surface area contributed by atoms with E-state index in [1.807, 2.05) is 60.0 Å². The molecule has 9 heteroatoms. The molecule has 1 saturated heterocycles. The summed E-state index contributed by atoms with van der Waals surface area (Å²) in [4.78, 5) is 26.0. The molecule has 30 heavy (non-hydrogen) atoms. The summed E-state index contributed by atoms with van der Waals surface area (Å²) in [5.41, 5.74) is 2.56. The van der Waals surface area contributed by atoms with Gasteiger partial charge in [-0.3, -0.25) is 9.69 Å². The maximum atomic E-state index is 12.5. The quantitative estimate of drug-likeness (QED) is 0.571. The number of carbonyl (C=O) groups is 2. The highest BCUT2D eigenvalue weighted by Crippen LogP contribution is 2.22. The van der Waals surface area contributed by atoms with Gasteiger partial charge in [-0.25, -0.2) is 4.79 Å². The second kappa shape index (κ2) is 9.00. The van der Waals surface area contributed by atoms with Crippen molar-refractivity contribution in [3.05, 3.63) is 66.0 Å². The largest absolute Gasteiger partial charge is 0.336 e. The molecule has 2 aromatic carbocycles. The number of carbonyl (C=O) groups excluding carboxylic acids is 2. The first-order valence-electron chi connectivity index (χ1n) is 9.62. The Morgan fingerprint density at radius 3 is 2.77 bits per heavy atom. The second-order valence-electron chi connectivity index (χ2n) is 6.87. The molecule has 0 spiro atoms. The highest BCUT2D eigenvalue weighted by molar-refractivity contribution is 7.99. The van der Waals surface area contributed by atoms with E-state index < -0.39 is 0 Å². The Kier molecular flexibility index (Phi) is 5.99. The maximum absolute atomic E-state index is 12.5. The van der Waals surface area contributed by atoms with E-state index in [9.17, 15) is 9.59 Å². The molecule has 8 nitrogen and oxygen atoms in total. The summed E-state index contributed by atoms with van der Waals surface area (Å²) in [6, 6.07) is 17.2. The number of thioether (sulfide) groups is 1. The van der Waals surface area contributed by atoms with Gasteiger partial charge in [0.1, 0.15) is 5.82 Å². The minimum Gasteiger partial charge on any atom is -0.336 e. The fourth-order valence-corrected chi connectivity index (χ4v) is 4.00. The molecule has 3 aromatic rings. The Morgan fingerprint density at radius 1 is 1.17 bits per heavy atom. The third-order valence-electron chi connectivity index (χ3n) is 4.72. The molecule has 0 bridgehead atoms. The van der Waals surface area contributed by atoms with Gasteiger partial charge in [0.25, 0.3) is 0 Å². The van der Waals surface area contributed by atoms with Crippen LogP contribution in [-0.4, -0.2) is 45.5 Å². The SMILES string of the molecule is Cc1nnc(SCC(=O)Nc2cccc(N3CCNC3=O)c2)n1Cc1ccccc1. The lowest BCUT2D eigenvalue weighted by molar-refractivity contribution is -0.113. The van der Waals surface area contributed by atoms with Crippen LogP contribution in [0.2, 0.25) is 0 Å². The van der Waals surface area contributed by atoms with E-state index in [2.05, 4.69) is 20.8 Å². The van der Waals surface area contributed by atoms with Crippen LogP contribution in [0.25, 0.3) is 0 Å². The molecule has 0 unspecified atom stereocenters. The number of aromatic nitrogens is 3. The topological polar surface area (TPSA) is 92.2 Å². The number of hydrogen-bond acceptors (Lipinski definition) is 5. The summed E-state index contributed by atoms with van der Waals surface area (Å²) < 4.78 is 2.00. The molecule has 154 valence electrons. The lowest BCUT2D eigenvalue weighted by atomic mass is 10.2. The number of benzene rings is 2. The number of urea groups is 1. The van der Waals surface area contributed by atoms with Crippen LogP contribution in [0.1, 0.15) is 11.4 Å². The number of rotatable bonds is 7. The van der Waals surface area contributed by atoms with Crippen molar-refractivity contribution in [1.29, 1.82) is 0 Å². The van der Waals surface area contributed by atoms with Crippen LogP contribution in [0, 0.1) is 6.92 Å². The van der Waals surface area contributed by atoms with Gasteiger partial charge < -0.3 is 15.2 Å². The lowest BCUT2D eigenvalue weighted by Gasteiger charge is -2.15. The van der Waals surface area contributed by atoms with E-state index in [4.69, 9.17) is 0 Å². The van der Waals surface area contributed by atoms with Crippen LogP contribution in [0.15, 0.2) is 59.8 Å². The number of anilines is 2. The molecule has 1 aliphatic heterocycles. The Bertz CT molecular complexity index is 1050. The predicted octanol–water partition coefficient (Wildman–Crippen LogP) is 2.90. The van der Waals surface area contributed by atoms with Crippen LogP contribution in [-0.2, 0) is 11.3 Å². The molecule has 1 aliphatic rings. The summed E-state index contributed by atoms with van der Waals surface area (Å²) in [6.45, 7) is 3.79. The smallest absolute Gasteiger partial charge is 0.321 e. The Morgan fingerprint density at radius 2 is 2.00 bits per heavy atom. The van der Waals surface area contributed by atoms with Gasteiger partial charge in [0, 0.05) is 24.5 Å². The molecule has 1 aromatic heterocycles. The summed E-state index contributed by atoms with van der Waals surface area (Å²) in [5, 5.41) is 14.7.